The van der Waals surface area contributed by atoms with Crippen molar-refractivity contribution >= 4 is 33.6 Å². The number of hydrogen-bond donors (Lipinski definition) is 1. The minimum atomic E-state index is -0.610. The lowest BCUT2D eigenvalue weighted by atomic mass is 10.2. The number of carbonyl (C=O) groups excluding carboxylic acids is 2. The van der Waals surface area contributed by atoms with Crippen LogP contribution >= 0.6 is 15.9 Å². The van der Waals surface area contributed by atoms with E-state index in [1.807, 2.05) is 12.1 Å². The highest BCUT2D eigenvalue weighted by Gasteiger charge is 2.33. The number of nitrogens with one attached hydrogen (secondary N) is 1. The number of anilines is 1. The lowest BCUT2D eigenvalue weighted by Crippen LogP contribution is -2.40. The molecule has 142 valence electrons. The van der Waals surface area contributed by atoms with Crippen molar-refractivity contribution in [3.8, 4) is 0 Å². The van der Waals surface area contributed by atoms with Crippen LogP contribution in [0.1, 0.15) is 18.7 Å². The van der Waals surface area contributed by atoms with Crippen LogP contribution < -0.4 is 15.9 Å². The number of aromatic nitrogens is 3. The van der Waals surface area contributed by atoms with E-state index in [1.165, 1.54) is 9.58 Å². The van der Waals surface area contributed by atoms with Crippen molar-refractivity contribution in [2.75, 3.05) is 18.1 Å². The monoisotopic (exact) mass is 435 g/mol. The molecule has 2 aromatic rings. The quantitative estimate of drug-likeness (QED) is 0.757. The summed E-state index contributed by atoms with van der Waals surface area (Å²) in [4.78, 5) is 42.6. The van der Waals surface area contributed by atoms with Gasteiger partial charge in [-0.05, 0) is 37.1 Å². The number of rotatable bonds is 5. The minimum absolute atomic E-state index is 0.0105. The van der Waals surface area contributed by atoms with Crippen molar-refractivity contribution in [3.05, 3.63) is 45.0 Å². The van der Waals surface area contributed by atoms with Crippen molar-refractivity contribution in [2.45, 2.75) is 32.0 Å². The summed E-state index contributed by atoms with van der Waals surface area (Å²) in [6, 6.07) is 6.84. The van der Waals surface area contributed by atoms with Gasteiger partial charge in [0.1, 0.15) is 6.54 Å². The molecule has 1 unspecified atom stereocenters. The maximum absolute atomic E-state index is 12.8. The van der Waals surface area contributed by atoms with Crippen LogP contribution in [0.4, 0.5) is 10.5 Å². The lowest BCUT2D eigenvalue weighted by molar-refractivity contribution is -0.122. The first-order valence-electron chi connectivity index (χ1n) is 8.67. The SMILES string of the molecule is O=C(Cn1c(=O)nc2n1C(=O)N(c1ccc(Br)cc1)C2)NCC1CCCO1. The van der Waals surface area contributed by atoms with Gasteiger partial charge >= 0.3 is 11.7 Å². The molecule has 0 spiro atoms. The normalized spacial score (nSPS) is 18.8. The predicted molar refractivity (Wildman–Crippen MR) is 99.6 cm³/mol. The molecule has 1 fully saturated rings. The van der Waals surface area contributed by atoms with Gasteiger partial charge in [0.2, 0.25) is 5.91 Å². The van der Waals surface area contributed by atoms with Gasteiger partial charge in [-0.15, -0.1) is 0 Å². The van der Waals surface area contributed by atoms with Crippen LogP contribution in [-0.2, 0) is 22.6 Å². The first-order valence-corrected chi connectivity index (χ1v) is 9.46. The number of fused-ring (bicyclic) bond motifs is 1. The fourth-order valence-corrected chi connectivity index (χ4v) is 3.53. The van der Waals surface area contributed by atoms with Gasteiger partial charge < -0.3 is 10.1 Å². The summed E-state index contributed by atoms with van der Waals surface area (Å²) in [5.74, 6) is -0.0370. The fourth-order valence-electron chi connectivity index (χ4n) is 3.27. The third-order valence-corrected chi connectivity index (χ3v) is 5.15. The highest BCUT2D eigenvalue weighted by molar-refractivity contribution is 9.10. The molecule has 27 heavy (non-hydrogen) atoms. The molecule has 10 heteroatoms. The van der Waals surface area contributed by atoms with E-state index in [-0.39, 0.29) is 25.1 Å². The molecule has 2 aliphatic heterocycles. The second-order valence-corrected chi connectivity index (χ2v) is 7.38. The van der Waals surface area contributed by atoms with Crippen LogP contribution in [0.2, 0.25) is 0 Å². The topological polar surface area (TPSA) is 98.5 Å². The molecule has 0 bridgehead atoms. The van der Waals surface area contributed by atoms with E-state index in [1.54, 1.807) is 12.1 Å². The summed E-state index contributed by atoms with van der Waals surface area (Å²) >= 11 is 3.36. The zero-order valence-corrected chi connectivity index (χ0v) is 16.0. The van der Waals surface area contributed by atoms with Gasteiger partial charge in [-0.25, -0.2) is 14.3 Å². The summed E-state index contributed by atoms with van der Waals surface area (Å²) in [5, 5.41) is 2.75. The fraction of sp³-hybridized carbons (Fsp3) is 0.412. The van der Waals surface area contributed by atoms with Crippen LogP contribution in [-0.4, -0.2) is 45.5 Å². The van der Waals surface area contributed by atoms with E-state index in [0.29, 0.717) is 24.7 Å². The van der Waals surface area contributed by atoms with Gasteiger partial charge in [0.15, 0.2) is 5.82 Å². The lowest BCUT2D eigenvalue weighted by Gasteiger charge is -2.16. The molecule has 1 N–H and O–H groups in total. The number of hydrogen-bond acceptors (Lipinski definition) is 5. The maximum atomic E-state index is 12.8. The molecule has 0 radical (unpaired) electrons. The first-order chi connectivity index (χ1) is 13.0. The van der Waals surface area contributed by atoms with Gasteiger partial charge in [-0.2, -0.15) is 9.67 Å². The van der Waals surface area contributed by atoms with Gasteiger partial charge in [0, 0.05) is 23.3 Å². The third kappa shape index (κ3) is 3.54. The Kier molecular flexibility index (Phi) is 4.83. The van der Waals surface area contributed by atoms with E-state index >= 15 is 0 Å². The third-order valence-electron chi connectivity index (χ3n) is 4.63. The highest BCUT2D eigenvalue weighted by Crippen LogP contribution is 2.24. The molecule has 0 saturated carbocycles. The highest BCUT2D eigenvalue weighted by atomic mass is 79.9. The van der Waals surface area contributed by atoms with Crippen LogP contribution in [0.5, 0.6) is 0 Å². The zero-order valence-electron chi connectivity index (χ0n) is 14.4. The van der Waals surface area contributed by atoms with E-state index < -0.39 is 11.7 Å². The molecule has 1 aromatic carbocycles. The molecule has 9 nitrogen and oxygen atoms in total. The number of benzene rings is 1. The number of ether oxygens (including phenoxy) is 1. The van der Waals surface area contributed by atoms with Gasteiger partial charge in [-0.3, -0.25) is 9.69 Å². The minimum Gasteiger partial charge on any atom is -0.376 e. The van der Waals surface area contributed by atoms with Crippen molar-refractivity contribution in [1.82, 2.24) is 19.7 Å². The molecule has 1 atom stereocenters. The molecule has 2 amide bonds. The standard InChI is InChI=1S/C17H18BrN5O4/c18-11-3-5-12(6-4-11)21-9-14-20-16(25)22(23(14)17(21)26)10-15(24)19-8-13-2-1-7-27-13/h3-6,13H,1-2,7-10H2,(H,19,24). The molecule has 1 saturated heterocycles. The number of carbonyl (C=O) groups is 2. The Morgan fingerprint density at radius 1 is 1.30 bits per heavy atom. The van der Waals surface area contributed by atoms with E-state index in [9.17, 15) is 14.4 Å². The van der Waals surface area contributed by atoms with Gasteiger partial charge in [-0.1, -0.05) is 15.9 Å². The van der Waals surface area contributed by atoms with Crippen LogP contribution in [0.25, 0.3) is 0 Å². The summed E-state index contributed by atoms with van der Waals surface area (Å²) < 4.78 is 8.61. The molecule has 0 aliphatic carbocycles. The smallest absolute Gasteiger partial charge is 0.365 e. The molecule has 3 heterocycles. The van der Waals surface area contributed by atoms with Crippen molar-refractivity contribution in [2.24, 2.45) is 0 Å². The average Bonchev–Trinajstić information content (AvgIpc) is 3.34. The Balaban J connectivity index is 1.48. The second kappa shape index (κ2) is 7.28. The van der Waals surface area contributed by atoms with E-state index in [0.717, 1.165) is 22.0 Å². The molecular formula is C17H18BrN5O4. The Labute approximate surface area is 163 Å². The predicted octanol–water partition coefficient (Wildman–Crippen LogP) is 1.09. The first kappa shape index (κ1) is 17.9. The number of amides is 2. The van der Waals surface area contributed by atoms with Gasteiger partial charge in [0.05, 0.1) is 12.6 Å². The second-order valence-electron chi connectivity index (χ2n) is 6.46. The molecular weight excluding hydrogens is 418 g/mol. The average molecular weight is 436 g/mol. The van der Waals surface area contributed by atoms with Gasteiger partial charge in [0.25, 0.3) is 0 Å². The van der Waals surface area contributed by atoms with E-state index in [4.69, 9.17) is 4.74 Å². The summed E-state index contributed by atoms with van der Waals surface area (Å²) in [6.07, 6.45) is 1.90. The number of nitrogens with zero attached hydrogens (tertiary/aromatic N) is 4. The van der Waals surface area contributed by atoms with Crippen LogP contribution in [0.15, 0.2) is 33.5 Å². The maximum Gasteiger partial charge on any atom is 0.365 e. The Hall–Kier alpha value is -2.46. The van der Waals surface area contributed by atoms with Crippen LogP contribution in [0, 0.1) is 0 Å². The van der Waals surface area contributed by atoms with Crippen molar-refractivity contribution in [3.63, 3.8) is 0 Å². The summed E-state index contributed by atoms with van der Waals surface area (Å²) in [7, 11) is 0. The van der Waals surface area contributed by atoms with Crippen molar-refractivity contribution in [1.29, 1.82) is 0 Å². The zero-order chi connectivity index (χ0) is 19.0. The van der Waals surface area contributed by atoms with Crippen molar-refractivity contribution < 1.29 is 14.3 Å². The molecule has 2 aliphatic rings. The summed E-state index contributed by atoms with van der Waals surface area (Å²) in [6.45, 7) is 1.02. The Morgan fingerprint density at radius 2 is 2.07 bits per heavy atom. The van der Waals surface area contributed by atoms with E-state index in [2.05, 4.69) is 26.2 Å². The Morgan fingerprint density at radius 3 is 2.78 bits per heavy atom. The largest absolute Gasteiger partial charge is 0.376 e. The van der Waals surface area contributed by atoms with Crippen LogP contribution in [0.3, 0.4) is 0 Å². The number of halogens is 1. The molecule has 4 rings (SSSR count). The molecule has 1 aromatic heterocycles. The summed E-state index contributed by atoms with van der Waals surface area (Å²) in [5.41, 5.74) is 0.0802. The Bertz CT molecular complexity index is 930.